The molecule has 1 atom stereocenters. The first-order chi connectivity index (χ1) is 10.3. The van der Waals surface area contributed by atoms with Crippen molar-refractivity contribution in [1.29, 1.82) is 0 Å². The van der Waals surface area contributed by atoms with Crippen molar-refractivity contribution < 1.29 is 4.74 Å². The molecule has 5 nitrogen and oxygen atoms in total. The summed E-state index contributed by atoms with van der Waals surface area (Å²) in [5, 5.41) is 3.47. The summed E-state index contributed by atoms with van der Waals surface area (Å²) in [5.41, 5.74) is 1.03. The van der Waals surface area contributed by atoms with Crippen LogP contribution in [-0.2, 0) is 11.3 Å². The zero-order chi connectivity index (χ0) is 14.5. The molecule has 5 heteroatoms. The van der Waals surface area contributed by atoms with E-state index in [0.29, 0.717) is 12.1 Å². The first-order valence-corrected chi connectivity index (χ1v) is 8.26. The van der Waals surface area contributed by atoms with Gasteiger partial charge >= 0.3 is 0 Å². The van der Waals surface area contributed by atoms with Gasteiger partial charge in [-0.15, -0.1) is 0 Å². The summed E-state index contributed by atoms with van der Waals surface area (Å²) in [7, 11) is 0. The van der Waals surface area contributed by atoms with Gasteiger partial charge in [0.15, 0.2) is 0 Å². The number of ether oxygens (including phenoxy) is 1. The molecule has 1 aromatic heterocycles. The maximum atomic E-state index is 5.88. The monoisotopic (exact) mass is 290 g/mol. The van der Waals surface area contributed by atoms with E-state index >= 15 is 0 Å². The summed E-state index contributed by atoms with van der Waals surface area (Å²) in [4.78, 5) is 11.4. The van der Waals surface area contributed by atoms with Gasteiger partial charge in [-0.2, -0.15) is 0 Å². The van der Waals surface area contributed by atoms with Gasteiger partial charge in [0.25, 0.3) is 0 Å². The first kappa shape index (κ1) is 14.7. The number of hydrogen-bond donors (Lipinski definition) is 1. The number of rotatable bonds is 7. The number of nitrogens with zero attached hydrogens (tertiary/aromatic N) is 3. The first-order valence-electron chi connectivity index (χ1n) is 8.26. The lowest BCUT2D eigenvalue weighted by Gasteiger charge is -2.33. The molecule has 1 saturated carbocycles. The van der Waals surface area contributed by atoms with Crippen LogP contribution in [-0.4, -0.2) is 41.8 Å². The van der Waals surface area contributed by atoms with E-state index in [1.54, 1.807) is 0 Å². The summed E-state index contributed by atoms with van der Waals surface area (Å²) in [6, 6.07) is 0.713. The van der Waals surface area contributed by atoms with Crippen LogP contribution in [0.1, 0.15) is 44.7 Å². The Morgan fingerprint density at radius 3 is 2.90 bits per heavy atom. The minimum atomic E-state index is 0.344. The molecule has 21 heavy (non-hydrogen) atoms. The molecule has 1 aliphatic carbocycles. The van der Waals surface area contributed by atoms with Crippen molar-refractivity contribution in [2.45, 2.75) is 57.7 Å². The fraction of sp³-hybridized carbons (Fsp3) is 0.750. The molecular weight excluding hydrogens is 264 g/mol. The molecule has 0 radical (unpaired) electrons. The molecule has 1 unspecified atom stereocenters. The van der Waals surface area contributed by atoms with E-state index in [9.17, 15) is 0 Å². The number of piperidine rings is 1. The summed E-state index contributed by atoms with van der Waals surface area (Å²) in [6.07, 6.45) is 10.2. The highest BCUT2D eigenvalue weighted by Gasteiger charge is 2.22. The fourth-order valence-corrected chi connectivity index (χ4v) is 2.71. The third kappa shape index (κ3) is 4.38. The second-order valence-corrected chi connectivity index (χ2v) is 6.10. The summed E-state index contributed by atoms with van der Waals surface area (Å²) in [6.45, 7) is 5.84. The maximum Gasteiger partial charge on any atom is 0.147 e. The largest absolute Gasteiger partial charge is 0.376 e. The Balaban J connectivity index is 1.52. The Hall–Kier alpha value is -1.20. The topological polar surface area (TPSA) is 50.3 Å². The maximum absolute atomic E-state index is 5.88. The Morgan fingerprint density at radius 2 is 2.19 bits per heavy atom. The van der Waals surface area contributed by atoms with Crippen molar-refractivity contribution in [3.63, 3.8) is 0 Å². The van der Waals surface area contributed by atoms with Crippen molar-refractivity contribution >= 4 is 5.82 Å². The second kappa shape index (κ2) is 7.18. The highest BCUT2D eigenvalue weighted by Crippen LogP contribution is 2.20. The van der Waals surface area contributed by atoms with E-state index in [-0.39, 0.29) is 0 Å². The average molecular weight is 290 g/mol. The van der Waals surface area contributed by atoms with Gasteiger partial charge in [0.2, 0.25) is 0 Å². The summed E-state index contributed by atoms with van der Waals surface area (Å²) >= 11 is 0. The normalized spacial score (nSPS) is 22.5. The molecule has 2 heterocycles. The number of anilines is 1. The van der Waals surface area contributed by atoms with E-state index in [2.05, 4.69) is 27.1 Å². The average Bonchev–Trinajstić information content (AvgIpc) is 3.36. The van der Waals surface area contributed by atoms with Gasteiger partial charge in [0.1, 0.15) is 5.82 Å². The van der Waals surface area contributed by atoms with Crippen LogP contribution >= 0.6 is 0 Å². The number of aromatic nitrogens is 2. The summed E-state index contributed by atoms with van der Waals surface area (Å²) in [5.74, 6) is 0.981. The SMILES string of the molecule is CCCOC1CCCN(c2cnc(CNC3CC3)cn2)C1. The van der Waals surface area contributed by atoms with Gasteiger partial charge < -0.3 is 15.0 Å². The van der Waals surface area contributed by atoms with Crippen LogP contribution in [0.25, 0.3) is 0 Å². The molecule has 1 saturated heterocycles. The molecule has 2 aliphatic rings. The van der Waals surface area contributed by atoms with Crippen molar-refractivity contribution in [3.8, 4) is 0 Å². The van der Waals surface area contributed by atoms with Crippen LogP contribution in [0.5, 0.6) is 0 Å². The molecule has 0 bridgehead atoms. The molecular formula is C16H26N4O. The minimum absolute atomic E-state index is 0.344. The lowest BCUT2D eigenvalue weighted by atomic mass is 10.1. The smallest absolute Gasteiger partial charge is 0.147 e. The molecule has 0 spiro atoms. The fourth-order valence-electron chi connectivity index (χ4n) is 2.71. The Morgan fingerprint density at radius 1 is 1.29 bits per heavy atom. The van der Waals surface area contributed by atoms with Crippen LogP contribution < -0.4 is 10.2 Å². The van der Waals surface area contributed by atoms with E-state index in [4.69, 9.17) is 4.74 Å². The Labute approximate surface area is 127 Å². The number of nitrogens with one attached hydrogen (secondary N) is 1. The highest BCUT2D eigenvalue weighted by molar-refractivity contribution is 5.36. The molecule has 0 aromatic carbocycles. The minimum Gasteiger partial charge on any atom is -0.376 e. The predicted octanol–water partition coefficient (Wildman–Crippen LogP) is 2.12. The van der Waals surface area contributed by atoms with Crippen LogP contribution in [0.15, 0.2) is 12.4 Å². The highest BCUT2D eigenvalue weighted by atomic mass is 16.5. The standard InChI is InChI=1S/C16H26N4O/c1-2-8-21-15-4-3-7-20(12-15)16-11-18-14(10-19-16)9-17-13-5-6-13/h10-11,13,15,17H,2-9,12H2,1H3. The van der Waals surface area contributed by atoms with Crippen LogP contribution in [0.2, 0.25) is 0 Å². The third-order valence-corrected chi connectivity index (χ3v) is 4.10. The lowest BCUT2D eigenvalue weighted by Crippen LogP contribution is -2.40. The quantitative estimate of drug-likeness (QED) is 0.833. The van der Waals surface area contributed by atoms with Crippen molar-refractivity contribution in [3.05, 3.63) is 18.1 Å². The van der Waals surface area contributed by atoms with Gasteiger partial charge in [-0.05, 0) is 32.1 Å². The van der Waals surface area contributed by atoms with E-state index in [0.717, 1.165) is 50.6 Å². The summed E-state index contributed by atoms with van der Waals surface area (Å²) < 4.78 is 5.88. The molecule has 1 aromatic rings. The third-order valence-electron chi connectivity index (χ3n) is 4.10. The lowest BCUT2D eigenvalue weighted by molar-refractivity contribution is 0.0439. The van der Waals surface area contributed by atoms with Crippen LogP contribution in [0.4, 0.5) is 5.82 Å². The van der Waals surface area contributed by atoms with Gasteiger partial charge in [0.05, 0.1) is 24.2 Å². The molecule has 2 fully saturated rings. The van der Waals surface area contributed by atoms with Crippen molar-refractivity contribution in [2.75, 3.05) is 24.6 Å². The Bertz CT molecular complexity index is 432. The molecule has 1 N–H and O–H groups in total. The van der Waals surface area contributed by atoms with Gasteiger partial charge in [-0.3, -0.25) is 4.98 Å². The van der Waals surface area contributed by atoms with Gasteiger partial charge in [-0.1, -0.05) is 6.92 Å². The van der Waals surface area contributed by atoms with Crippen molar-refractivity contribution in [1.82, 2.24) is 15.3 Å². The zero-order valence-electron chi connectivity index (χ0n) is 12.9. The molecule has 0 amide bonds. The predicted molar refractivity (Wildman–Crippen MR) is 83.4 cm³/mol. The van der Waals surface area contributed by atoms with E-state index < -0.39 is 0 Å². The van der Waals surface area contributed by atoms with Gasteiger partial charge in [-0.25, -0.2) is 4.98 Å². The molecule has 116 valence electrons. The Kier molecular flexibility index (Phi) is 5.04. The number of hydrogen-bond acceptors (Lipinski definition) is 5. The van der Waals surface area contributed by atoms with Crippen LogP contribution in [0.3, 0.4) is 0 Å². The molecule has 3 rings (SSSR count). The van der Waals surface area contributed by atoms with E-state index in [1.165, 1.54) is 19.3 Å². The van der Waals surface area contributed by atoms with Gasteiger partial charge in [0, 0.05) is 32.3 Å². The van der Waals surface area contributed by atoms with Crippen molar-refractivity contribution in [2.24, 2.45) is 0 Å². The van der Waals surface area contributed by atoms with E-state index in [1.807, 2.05) is 12.4 Å². The molecule has 1 aliphatic heterocycles. The van der Waals surface area contributed by atoms with Crippen LogP contribution in [0, 0.1) is 0 Å². The second-order valence-electron chi connectivity index (χ2n) is 6.10. The zero-order valence-corrected chi connectivity index (χ0v) is 12.9.